The van der Waals surface area contributed by atoms with Crippen molar-refractivity contribution >= 4 is 15.9 Å². The van der Waals surface area contributed by atoms with Crippen LogP contribution < -0.4 is 0 Å². The van der Waals surface area contributed by atoms with Gasteiger partial charge in [0, 0.05) is 17.1 Å². The highest BCUT2D eigenvalue weighted by Crippen LogP contribution is 2.18. The zero-order chi connectivity index (χ0) is 10.1. The van der Waals surface area contributed by atoms with E-state index >= 15 is 0 Å². The number of aromatic nitrogens is 3. The first-order chi connectivity index (χ1) is 6.66. The van der Waals surface area contributed by atoms with E-state index in [-0.39, 0.29) is 0 Å². The molecule has 0 amide bonds. The average molecular weight is 252 g/mol. The molecule has 0 aliphatic rings. The van der Waals surface area contributed by atoms with Crippen molar-refractivity contribution in [3.05, 3.63) is 34.6 Å². The summed E-state index contributed by atoms with van der Waals surface area (Å²) in [5.74, 6) is 1.69. The number of nitrogens with zero attached hydrogens (tertiary/aromatic N) is 3. The largest absolute Gasteiger partial charge is 0.253 e. The topological polar surface area (TPSA) is 30.7 Å². The third-order valence-corrected chi connectivity index (χ3v) is 2.61. The molecule has 2 rings (SSSR count). The van der Waals surface area contributed by atoms with Crippen LogP contribution in [0.1, 0.15) is 5.82 Å². The first-order valence-corrected chi connectivity index (χ1v) is 5.09. The average Bonchev–Trinajstić information content (AvgIpc) is 2.48. The number of hydrogen-bond acceptors (Lipinski definition) is 2. The van der Waals surface area contributed by atoms with Gasteiger partial charge in [0.15, 0.2) is 5.82 Å². The lowest BCUT2D eigenvalue weighted by atomic mass is 10.2. The third kappa shape index (κ3) is 1.70. The lowest BCUT2D eigenvalue weighted by Crippen LogP contribution is -1.92. The number of aryl methyl sites for hydroxylation is 2. The number of benzene rings is 1. The van der Waals surface area contributed by atoms with Crippen molar-refractivity contribution in [3.8, 4) is 11.4 Å². The zero-order valence-corrected chi connectivity index (χ0v) is 9.62. The second kappa shape index (κ2) is 3.53. The van der Waals surface area contributed by atoms with Crippen molar-refractivity contribution in [3.63, 3.8) is 0 Å². The number of halogens is 1. The fourth-order valence-corrected chi connectivity index (χ4v) is 1.45. The maximum Gasteiger partial charge on any atom is 0.181 e. The molecule has 4 heteroatoms. The van der Waals surface area contributed by atoms with Crippen LogP contribution in [0.4, 0.5) is 0 Å². The first kappa shape index (κ1) is 9.40. The summed E-state index contributed by atoms with van der Waals surface area (Å²) in [4.78, 5) is 4.35. The SMILES string of the molecule is Cc1nc(-c2ccc(Br)cc2)nn1C. The van der Waals surface area contributed by atoms with Crippen LogP contribution in [0.25, 0.3) is 11.4 Å². The van der Waals surface area contributed by atoms with Crippen LogP contribution in [0.15, 0.2) is 28.7 Å². The van der Waals surface area contributed by atoms with Crippen molar-refractivity contribution in [1.82, 2.24) is 14.8 Å². The Morgan fingerprint density at radius 1 is 1.21 bits per heavy atom. The van der Waals surface area contributed by atoms with Gasteiger partial charge in [-0.15, -0.1) is 0 Å². The van der Waals surface area contributed by atoms with Gasteiger partial charge in [0.1, 0.15) is 5.82 Å². The summed E-state index contributed by atoms with van der Waals surface area (Å²) in [5, 5.41) is 4.30. The van der Waals surface area contributed by atoms with E-state index in [0.717, 1.165) is 21.7 Å². The van der Waals surface area contributed by atoms with Crippen LogP contribution in [0.5, 0.6) is 0 Å². The molecule has 0 aliphatic heterocycles. The maximum atomic E-state index is 4.35. The van der Waals surface area contributed by atoms with Crippen LogP contribution in [0.3, 0.4) is 0 Å². The van der Waals surface area contributed by atoms with E-state index in [0.29, 0.717) is 0 Å². The molecule has 72 valence electrons. The molecule has 14 heavy (non-hydrogen) atoms. The molecule has 1 aromatic carbocycles. The van der Waals surface area contributed by atoms with E-state index in [1.807, 2.05) is 38.2 Å². The second-order valence-corrected chi connectivity index (χ2v) is 4.03. The van der Waals surface area contributed by atoms with Gasteiger partial charge < -0.3 is 0 Å². The third-order valence-electron chi connectivity index (χ3n) is 2.08. The van der Waals surface area contributed by atoms with E-state index in [2.05, 4.69) is 26.0 Å². The van der Waals surface area contributed by atoms with Crippen molar-refractivity contribution in [1.29, 1.82) is 0 Å². The highest BCUT2D eigenvalue weighted by Gasteiger charge is 2.04. The number of hydrogen-bond donors (Lipinski definition) is 0. The summed E-state index contributed by atoms with van der Waals surface area (Å²) in [6.07, 6.45) is 0. The zero-order valence-electron chi connectivity index (χ0n) is 8.03. The van der Waals surface area contributed by atoms with E-state index < -0.39 is 0 Å². The normalized spacial score (nSPS) is 10.5. The standard InChI is InChI=1S/C10H10BrN3/c1-7-12-10(13-14(7)2)8-3-5-9(11)6-4-8/h3-6H,1-2H3. The summed E-state index contributed by atoms with van der Waals surface area (Å²) in [6.45, 7) is 1.94. The van der Waals surface area contributed by atoms with Gasteiger partial charge in [0.25, 0.3) is 0 Å². The molecule has 2 aromatic rings. The fraction of sp³-hybridized carbons (Fsp3) is 0.200. The van der Waals surface area contributed by atoms with Crippen molar-refractivity contribution in [2.45, 2.75) is 6.92 Å². The molecular formula is C10H10BrN3. The highest BCUT2D eigenvalue weighted by atomic mass is 79.9. The van der Waals surface area contributed by atoms with Gasteiger partial charge in [-0.1, -0.05) is 28.1 Å². The van der Waals surface area contributed by atoms with Gasteiger partial charge in [-0.3, -0.25) is 4.68 Å². The summed E-state index contributed by atoms with van der Waals surface area (Å²) < 4.78 is 2.84. The lowest BCUT2D eigenvalue weighted by Gasteiger charge is -1.94. The molecule has 0 saturated heterocycles. The Morgan fingerprint density at radius 3 is 2.36 bits per heavy atom. The second-order valence-electron chi connectivity index (χ2n) is 3.11. The minimum Gasteiger partial charge on any atom is -0.253 e. The van der Waals surface area contributed by atoms with Gasteiger partial charge >= 0.3 is 0 Å². The Bertz CT molecular complexity index is 425. The molecule has 0 bridgehead atoms. The van der Waals surface area contributed by atoms with Crippen LogP contribution in [-0.4, -0.2) is 14.8 Å². The molecule has 1 heterocycles. The molecule has 0 spiro atoms. The maximum absolute atomic E-state index is 4.35. The minimum atomic E-state index is 0.775. The molecule has 0 aliphatic carbocycles. The molecule has 1 aromatic heterocycles. The van der Waals surface area contributed by atoms with Crippen LogP contribution >= 0.6 is 15.9 Å². The quantitative estimate of drug-likeness (QED) is 0.780. The van der Waals surface area contributed by atoms with Gasteiger partial charge in [-0.2, -0.15) is 5.10 Å². The van der Waals surface area contributed by atoms with E-state index in [1.54, 1.807) is 4.68 Å². The molecule has 0 radical (unpaired) electrons. The predicted octanol–water partition coefficient (Wildman–Crippen LogP) is 2.55. The minimum absolute atomic E-state index is 0.775. The van der Waals surface area contributed by atoms with E-state index in [1.165, 1.54) is 0 Å². The van der Waals surface area contributed by atoms with Crippen molar-refractivity contribution in [2.24, 2.45) is 7.05 Å². The Kier molecular flexibility index (Phi) is 2.37. The number of rotatable bonds is 1. The Balaban J connectivity index is 2.44. The highest BCUT2D eigenvalue weighted by molar-refractivity contribution is 9.10. The van der Waals surface area contributed by atoms with Gasteiger partial charge in [0.2, 0.25) is 0 Å². The smallest absolute Gasteiger partial charge is 0.181 e. The van der Waals surface area contributed by atoms with Crippen LogP contribution in [0, 0.1) is 6.92 Å². The molecule has 0 saturated carbocycles. The molecule has 0 N–H and O–H groups in total. The summed E-state index contributed by atoms with van der Waals surface area (Å²) in [7, 11) is 1.89. The lowest BCUT2D eigenvalue weighted by molar-refractivity contribution is 0.736. The first-order valence-electron chi connectivity index (χ1n) is 4.30. The monoisotopic (exact) mass is 251 g/mol. The van der Waals surface area contributed by atoms with E-state index in [9.17, 15) is 0 Å². The summed E-state index contributed by atoms with van der Waals surface area (Å²) >= 11 is 3.39. The van der Waals surface area contributed by atoms with E-state index in [4.69, 9.17) is 0 Å². The fourth-order valence-electron chi connectivity index (χ4n) is 1.18. The molecule has 3 nitrogen and oxygen atoms in total. The van der Waals surface area contributed by atoms with Gasteiger partial charge in [-0.05, 0) is 19.1 Å². The van der Waals surface area contributed by atoms with Crippen molar-refractivity contribution in [2.75, 3.05) is 0 Å². The van der Waals surface area contributed by atoms with Crippen LogP contribution in [0.2, 0.25) is 0 Å². The Hall–Kier alpha value is -1.16. The molecular weight excluding hydrogens is 242 g/mol. The van der Waals surface area contributed by atoms with Gasteiger partial charge in [0.05, 0.1) is 0 Å². The Morgan fingerprint density at radius 2 is 1.86 bits per heavy atom. The molecule has 0 atom stereocenters. The van der Waals surface area contributed by atoms with Crippen molar-refractivity contribution < 1.29 is 0 Å². The summed E-state index contributed by atoms with van der Waals surface area (Å²) in [6, 6.07) is 7.97. The van der Waals surface area contributed by atoms with Gasteiger partial charge in [-0.25, -0.2) is 4.98 Å². The predicted molar refractivity (Wildman–Crippen MR) is 58.9 cm³/mol. The molecule has 0 fully saturated rings. The van der Waals surface area contributed by atoms with Crippen LogP contribution in [-0.2, 0) is 7.05 Å². The summed E-state index contributed by atoms with van der Waals surface area (Å²) in [5.41, 5.74) is 1.04. The molecule has 0 unspecified atom stereocenters. The Labute approximate surface area is 90.9 Å².